The topological polar surface area (TPSA) is 79.4 Å². The van der Waals surface area contributed by atoms with E-state index >= 15 is 0 Å². The van der Waals surface area contributed by atoms with Crippen LogP contribution < -0.4 is 5.32 Å². The third kappa shape index (κ3) is 3.44. The highest BCUT2D eigenvalue weighted by molar-refractivity contribution is 7.91. The third-order valence-electron chi connectivity index (χ3n) is 2.99. The number of anilines is 1. The smallest absolute Gasteiger partial charge is 0.272 e. The highest BCUT2D eigenvalue weighted by Gasteiger charge is 2.27. The molecule has 1 fully saturated rings. The lowest BCUT2D eigenvalue weighted by Crippen LogP contribution is -2.24. The Bertz CT molecular complexity index is 584. The van der Waals surface area contributed by atoms with Gasteiger partial charge in [0, 0.05) is 32.0 Å². The molecule has 0 spiro atoms. The third-order valence-corrected chi connectivity index (χ3v) is 4.76. The largest absolute Gasteiger partial charge is 0.381 e. The van der Waals surface area contributed by atoms with Crippen molar-refractivity contribution in [1.82, 2.24) is 9.88 Å². The maximum atomic E-state index is 11.8. The van der Waals surface area contributed by atoms with Gasteiger partial charge in [-0.3, -0.25) is 9.78 Å². The van der Waals surface area contributed by atoms with E-state index in [4.69, 9.17) is 0 Å². The van der Waals surface area contributed by atoms with Crippen molar-refractivity contribution in [2.45, 2.75) is 12.5 Å². The standard InChI is InChI=1S/C12H17N3O3S/c1-15(2)12(16)11-7-9(3-5-13-11)14-10-4-6-19(17,18)8-10/h3,5,7,10H,4,6,8H2,1-2H3,(H,13,14). The summed E-state index contributed by atoms with van der Waals surface area (Å²) in [4.78, 5) is 17.2. The summed E-state index contributed by atoms with van der Waals surface area (Å²) < 4.78 is 22.8. The Labute approximate surface area is 112 Å². The van der Waals surface area contributed by atoms with Crippen LogP contribution in [0.5, 0.6) is 0 Å². The van der Waals surface area contributed by atoms with Crippen LogP contribution in [0.25, 0.3) is 0 Å². The van der Waals surface area contributed by atoms with Crippen LogP contribution in [0.15, 0.2) is 18.3 Å². The van der Waals surface area contributed by atoms with Gasteiger partial charge in [-0.05, 0) is 18.6 Å². The molecule has 0 saturated carbocycles. The second kappa shape index (κ2) is 5.16. The maximum Gasteiger partial charge on any atom is 0.272 e. The molecule has 0 aliphatic carbocycles. The van der Waals surface area contributed by atoms with Crippen molar-refractivity contribution < 1.29 is 13.2 Å². The fourth-order valence-electron chi connectivity index (χ4n) is 2.01. The number of nitrogens with one attached hydrogen (secondary N) is 1. The average molecular weight is 283 g/mol. The van der Waals surface area contributed by atoms with Gasteiger partial charge in [-0.15, -0.1) is 0 Å². The Morgan fingerprint density at radius 2 is 2.21 bits per heavy atom. The zero-order valence-electron chi connectivity index (χ0n) is 11.0. The second-order valence-corrected chi connectivity index (χ2v) is 7.10. The zero-order valence-corrected chi connectivity index (χ0v) is 11.8. The molecule has 1 N–H and O–H groups in total. The number of pyridine rings is 1. The highest BCUT2D eigenvalue weighted by atomic mass is 32.2. The number of aromatic nitrogens is 1. The van der Waals surface area contributed by atoms with Crippen molar-refractivity contribution >= 4 is 21.4 Å². The Morgan fingerprint density at radius 1 is 1.47 bits per heavy atom. The molecule has 19 heavy (non-hydrogen) atoms. The predicted molar refractivity (Wildman–Crippen MR) is 72.9 cm³/mol. The minimum atomic E-state index is -2.91. The van der Waals surface area contributed by atoms with E-state index in [2.05, 4.69) is 10.3 Å². The molecule has 7 heteroatoms. The van der Waals surface area contributed by atoms with E-state index in [0.29, 0.717) is 12.1 Å². The number of sulfone groups is 1. The summed E-state index contributed by atoms with van der Waals surface area (Å²) in [5.41, 5.74) is 1.07. The molecular formula is C12H17N3O3S. The van der Waals surface area contributed by atoms with Crippen LogP contribution in [0.2, 0.25) is 0 Å². The quantitative estimate of drug-likeness (QED) is 0.867. The number of hydrogen-bond donors (Lipinski definition) is 1. The first-order chi connectivity index (χ1) is 8.87. The summed E-state index contributed by atoms with van der Waals surface area (Å²) in [6, 6.07) is 3.29. The molecule has 0 bridgehead atoms. The van der Waals surface area contributed by atoms with Gasteiger partial charge in [-0.2, -0.15) is 0 Å². The molecule has 1 unspecified atom stereocenters. The van der Waals surface area contributed by atoms with Crippen LogP contribution in [0.1, 0.15) is 16.9 Å². The lowest BCUT2D eigenvalue weighted by atomic mass is 10.2. The van der Waals surface area contributed by atoms with Gasteiger partial charge in [-0.25, -0.2) is 8.42 Å². The van der Waals surface area contributed by atoms with E-state index < -0.39 is 9.84 Å². The number of nitrogens with zero attached hydrogens (tertiary/aromatic N) is 2. The molecular weight excluding hydrogens is 266 g/mol. The lowest BCUT2D eigenvalue weighted by Gasteiger charge is -2.14. The van der Waals surface area contributed by atoms with Crippen molar-refractivity contribution in [2.24, 2.45) is 0 Å². The van der Waals surface area contributed by atoms with E-state index in [9.17, 15) is 13.2 Å². The van der Waals surface area contributed by atoms with Crippen LogP contribution in [-0.4, -0.2) is 55.9 Å². The minimum Gasteiger partial charge on any atom is -0.381 e. The van der Waals surface area contributed by atoms with Crippen molar-refractivity contribution in [1.29, 1.82) is 0 Å². The molecule has 1 saturated heterocycles. The minimum absolute atomic E-state index is 0.0882. The maximum absolute atomic E-state index is 11.8. The number of carbonyl (C=O) groups excluding carboxylic acids is 1. The van der Waals surface area contributed by atoms with Gasteiger partial charge >= 0.3 is 0 Å². The van der Waals surface area contributed by atoms with E-state index in [1.165, 1.54) is 4.90 Å². The van der Waals surface area contributed by atoms with Gasteiger partial charge in [0.25, 0.3) is 5.91 Å². The molecule has 1 aromatic rings. The first kappa shape index (κ1) is 13.8. The number of hydrogen-bond acceptors (Lipinski definition) is 5. The molecule has 0 radical (unpaired) electrons. The van der Waals surface area contributed by atoms with Gasteiger partial charge in [0.1, 0.15) is 5.69 Å². The van der Waals surface area contributed by atoms with E-state index in [1.54, 1.807) is 32.4 Å². The van der Waals surface area contributed by atoms with Crippen LogP contribution in [0.4, 0.5) is 5.69 Å². The number of carbonyl (C=O) groups is 1. The summed E-state index contributed by atoms with van der Waals surface area (Å²) >= 11 is 0. The van der Waals surface area contributed by atoms with Crippen molar-refractivity contribution in [3.63, 3.8) is 0 Å². The van der Waals surface area contributed by atoms with Gasteiger partial charge in [-0.1, -0.05) is 0 Å². The fourth-order valence-corrected chi connectivity index (χ4v) is 3.68. The molecule has 1 amide bonds. The molecule has 6 nitrogen and oxygen atoms in total. The van der Waals surface area contributed by atoms with Gasteiger partial charge in [0.15, 0.2) is 9.84 Å². The van der Waals surface area contributed by atoms with Gasteiger partial charge in [0.05, 0.1) is 11.5 Å². The number of amides is 1. The summed E-state index contributed by atoms with van der Waals surface area (Å²) in [6.45, 7) is 0. The van der Waals surface area contributed by atoms with Crippen LogP contribution >= 0.6 is 0 Å². The molecule has 2 heterocycles. The van der Waals surface area contributed by atoms with Crippen LogP contribution in [0, 0.1) is 0 Å². The summed E-state index contributed by atoms with van der Waals surface area (Å²) in [6.07, 6.45) is 2.14. The molecule has 1 aliphatic rings. The molecule has 1 aliphatic heterocycles. The average Bonchev–Trinajstić information content (AvgIpc) is 2.68. The van der Waals surface area contributed by atoms with Crippen molar-refractivity contribution in [2.75, 3.05) is 30.9 Å². The summed E-state index contributed by atoms with van der Waals surface area (Å²) in [5.74, 6) is 0.189. The van der Waals surface area contributed by atoms with E-state index in [0.717, 1.165) is 5.69 Å². The van der Waals surface area contributed by atoms with Crippen LogP contribution in [-0.2, 0) is 9.84 Å². The highest BCUT2D eigenvalue weighted by Crippen LogP contribution is 2.18. The molecule has 2 rings (SSSR count). The van der Waals surface area contributed by atoms with Gasteiger partial charge in [0.2, 0.25) is 0 Å². The Hall–Kier alpha value is -1.63. The molecule has 0 aromatic carbocycles. The molecule has 1 atom stereocenters. The van der Waals surface area contributed by atoms with Crippen LogP contribution in [0.3, 0.4) is 0 Å². The predicted octanol–water partition coefficient (Wildman–Crippen LogP) is 0.382. The first-order valence-corrected chi connectivity index (χ1v) is 7.84. The first-order valence-electron chi connectivity index (χ1n) is 6.02. The normalized spacial score (nSPS) is 21.1. The van der Waals surface area contributed by atoms with Gasteiger partial charge < -0.3 is 10.2 Å². The SMILES string of the molecule is CN(C)C(=O)c1cc(NC2CCS(=O)(=O)C2)ccn1. The fraction of sp³-hybridized carbons (Fsp3) is 0.500. The van der Waals surface area contributed by atoms with Crippen molar-refractivity contribution in [3.8, 4) is 0 Å². The zero-order chi connectivity index (χ0) is 14.0. The molecule has 1 aromatic heterocycles. The Morgan fingerprint density at radius 3 is 2.79 bits per heavy atom. The molecule has 104 valence electrons. The lowest BCUT2D eigenvalue weighted by molar-refractivity contribution is 0.0822. The second-order valence-electron chi connectivity index (χ2n) is 4.87. The summed E-state index contributed by atoms with van der Waals surface area (Å²) in [7, 11) is 0.412. The van der Waals surface area contributed by atoms with E-state index in [-0.39, 0.29) is 23.5 Å². The number of rotatable bonds is 3. The van der Waals surface area contributed by atoms with Crippen molar-refractivity contribution in [3.05, 3.63) is 24.0 Å². The summed E-state index contributed by atoms with van der Waals surface area (Å²) in [5, 5.41) is 3.14. The monoisotopic (exact) mass is 283 g/mol. The Kier molecular flexibility index (Phi) is 3.75. The van der Waals surface area contributed by atoms with E-state index in [1.807, 2.05) is 0 Å². The Balaban J connectivity index is 2.10.